The number of rotatable bonds is 3. The summed E-state index contributed by atoms with van der Waals surface area (Å²) in [4.78, 5) is 23.5. The van der Waals surface area contributed by atoms with Crippen molar-refractivity contribution >= 4 is 11.7 Å². The Hall–Kier alpha value is -1.69. The van der Waals surface area contributed by atoms with Crippen molar-refractivity contribution in [2.45, 2.75) is 45.6 Å². The monoisotopic (exact) mass is 317 g/mol. The summed E-state index contributed by atoms with van der Waals surface area (Å²) in [6, 6.07) is 2.34. The molecule has 2 fully saturated rings. The van der Waals surface area contributed by atoms with E-state index in [0.717, 1.165) is 69.2 Å². The predicted octanol–water partition coefficient (Wildman–Crippen LogP) is 1.18. The van der Waals surface area contributed by atoms with Crippen molar-refractivity contribution in [2.24, 2.45) is 5.92 Å². The molecule has 1 amide bonds. The van der Waals surface area contributed by atoms with Gasteiger partial charge in [0, 0.05) is 37.4 Å². The fourth-order valence-electron chi connectivity index (χ4n) is 3.51. The molecule has 6 nitrogen and oxygen atoms in total. The van der Waals surface area contributed by atoms with E-state index < -0.39 is 0 Å². The molecule has 2 aliphatic rings. The van der Waals surface area contributed by atoms with Crippen molar-refractivity contribution < 1.29 is 4.79 Å². The number of aryl methyl sites for hydroxylation is 2. The van der Waals surface area contributed by atoms with E-state index in [0.29, 0.717) is 6.04 Å². The number of carbonyl (C=O) groups excluding carboxylic acids is 1. The summed E-state index contributed by atoms with van der Waals surface area (Å²) in [6.07, 6.45) is 4.07. The van der Waals surface area contributed by atoms with Gasteiger partial charge < -0.3 is 15.5 Å². The Morgan fingerprint density at radius 2 is 2.04 bits per heavy atom. The van der Waals surface area contributed by atoms with Gasteiger partial charge in [0.1, 0.15) is 11.6 Å². The minimum absolute atomic E-state index is 0.147. The van der Waals surface area contributed by atoms with Crippen molar-refractivity contribution in [1.29, 1.82) is 0 Å². The summed E-state index contributed by atoms with van der Waals surface area (Å²) in [5, 5.41) is 6.55. The molecule has 2 aliphatic heterocycles. The van der Waals surface area contributed by atoms with E-state index in [1.165, 1.54) is 0 Å². The first-order chi connectivity index (χ1) is 11.1. The Balaban J connectivity index is 1.51. The van der Waals surface area contributed by atoms with Crippen LogP contribution in [0.2, 0.25) is 0 Å². The van der Waals surface area contributed by atoms with Crippen molar-refractivity contribution in [3.05, 3.63) is 17.6 Å². The number of piperidine rings is 2. The van der Waals surface area contributed by atoms with Crippen LogP contribution in [0, 0.1) is 19.8 Å². The molecule has 1 aromatic rings. The summed E-state index contributed by atoms with van der Waals surface area (Å²) >= 11 is 0. The quantitative estimate of drug-likeness (QED) is 0.876. The highest BCUT2D eigenvalue weighted by Crippen LogP contribution is 2.19. The first-order valence-corrected chi connectivity index (χ1v) is 8.70. The van der Waals surface area contributed by atoms with E-state index >= 15 is 0 Å². The van der Waals surface area contributed by atoms with Crippen LogP contribution < -0.4 is 15.5 Å². The van der Waals surface area contributed by atoms with E-state index in [4.69, 9.17) is 0 Å². The van der Waals surface area contributed by atoms with Gasteiger partial charge in [0.05, 0.1) is 5.92 Å². The van der Waals surface area contributed by atoms with Gasteiger partial charge in [0.25, 0.3) is 0 Å². The summed E-state index contributed by atoms with van der Waals surface area (Å²) < 4.78 is 0. The second-order valence-electron chi connectivity index (χ2n) is 6.73. The molecule has 0 saturated carbocycles. The Labute approximate surface area is 138 Å². The SMILES string of the molecule is Cc1cc(N2CCC(NC(=O)C3CCCNC3)CC2)nc(C)n1. The van der Waals surface area contributed by atoms with E-state index in [1.54, 1.807) is 0 Å². The molecule has 0 bridgehead atoms. The maximum atomic E-state index is 12.3. The van der Waals surface area contributed by atoms with Gasteiger partial charge in [-0.25, -0.2) is 9.97 Å². The zero-order valence-electron chi connectivity index (χ0n) is 14.1. The minimum atomic E-state index is 0.147. The molecule has 6 heteroatoms. The lowest BCUT2D eigenvalue weighted by Gasteiger charge is -2.34. The molecule has 2 saturated heterocycles. The molecule has 1 aromatic heterocycles. The van der Waals surface area contributed by atoms with Gasteiger partial charge in [0.15, 0.2) is 0 Å². The van der Waals surface area contributed by atoms with Crippen molar-refractivity contribution in [1.82, 2.24) is 20.6 Å². The van der Waals surface area contributed by atoms with Crippen molar-refractivity contribution in [2.75, 3.05) is 31.1 Å². The van der Waals surface area contributed by atoms with E-state index in [-0.39, 0.29) is 11.8 Å². The standard InChI is InChI=1S/C17H27N5O/c1-12-10-16(20-13(2)19-12)22-8-5-15(6-9-22)21-17(23)14-4-3-7-18-11-14/h10,14-15,18H,3-9,11H2,1-2H3,(H,21,23). The molecule has 0 radical (unpaired) electrons. The number of hydrogen-bond donors (Lipinski definition) is 2. The number of anilines is 1. The van der Waals surface area contributed by atoms with Gasteiger partial charge >= 0.3 is 0 Å². The van der Waals surface area contributed by atoms with Crippen LogP contribution in [0.1, 0.15) is 37.2 Å². The third-order valence-electron chi connectivity index (χ3n) is 4.79. The number of carbonyl (C=O) groups is 1. The van der Waals surface area contributed by atoms with E-state index in [1.807, 2.05) is 19.9 Å². The molecule has 126 valence electrons. The van der Waals surface area contributed by atoms with E-state index in [9.17, 15) is 4.79 Å². The van der Waals surface area contributed by atoms with Crippen LogP contribution in [-0.4, -0.2) is 48.1 Å². The van der Waals surface area contributed by atoms with Gasteiger partial charge in [-0.2, -0.15) is 0 Å². The Kier molecular flexibility index (Phi) is 5.10. The van der Waals surface area contributed by atoms with Crippen LogP contribution in [0.25, 0.3) is 0 Å². The van der Waals surface area contributed by atoms with Gasteiger partial charge in [-0.1, -0.05) is 0 Å². The second kappa shape index (κ2) is 7.25. The summed E-state index contributed by atoms with van der Waals surface area (Å²) in [5.74, 6) is 2.20. The highest BCUT2D eigenvalue weighted by atomic mass is 16.2. The molecule has 3 heterocycles. The van der Waals surface area contributed by atoms with Crippen LogP contribution in [-0.2, 0) is 4.79 Å². The second-order valence-corrected chi connectivity index (χ2v) is 6.73. The van der Waals surface area contributed by atoms with Crippen molar-refractivity contribution in [3.63, 3.8) is 0 Å². The molecule has 23 heavy (non-hydrogen) atoms. The smallest absolute Gasteiger partial charge is 0.224 e. The molecule has 0 aromatic carbocycles. The molecule has 0 spiro atoms. The maximum Gasteiger partial charge on any atom is 0.224 e. The third kappa shape index (κ3) is 4.19. The van der Waals surface area contributed by atoms with Gasteiger partial charge in [-0.15, -0.1) is 0 Å². The molecule has 1 unspecified atom stereocenters. The van der Waals surface area contributed by atoms with Crippen LogP contribution in [0.5, 0.6) is 0 Å². The largest absolute Gasteiger partial charge is 0.356 e. The lowest BCUT2D eigenvalue weighted by molar-refractivity contribution is -0.126. The minimum Gasteiger partial charge on any atom is -0.356 e. The van der Waals surface area contributed by atoms with Crippen LogP contribution in [0.4, 0.5) is 5.82 Å². The number of hydrogen-bond acceptors (Lipinski definition) is 5. The molecule has 3 rings (SSSR count). The number of nitrogens with zero attached hydrogens (tertiary/aromatic N) is 3. The number of amides is 1. The molecule has 1 atom stereocenters. The number of nitrogens with one attached hydrogen (secondary N) is 2. The first-order valence-electron chi connectivity index (χ1n) is 8.70. The Morgan fingerprint density at radius 3 is 2.70 bits per heavy atom. The molecular weight excluding hydrogens is 290 g/mol. The maximum absolute atomic E-state index is 12.3. The van der Waals surface area contributed by atoms with Gasteiger partial charge in [-0.05, 0) is 46.1 Å². The molecule has 2 N–H and O–H groups in total. The highest BCUT2D eigenvalue weighted by Gasteiger charge is 2.26. The van der Waals surface area contributed by atoms with Gasteiger partial charge in [-0.3, -0.25) is 4.79 Å². The Morgan fingerprint density at radius 1 is 1.26 bits per heavy atom. The predicted molar refractivity (Wildman–Crippen MR) is 90.5 cm³/mol. The number of aromatic nitrogens is 2. The normalized spacial score (nSPS) is 22.9. The summed E-state index contributed by atoms with van der Waals surface area (Å²) in [6.45, 7) is 7.67. The average Bonchev–Trinajstić information content (AvgIpc) is 2.55. The van der Waals surface area contributed by atoms with Crippen LogP contribution in [0.3, 0.4) is 0 Å². The summed E-state index contributed by atoms with van der Waals surface area (Å²) in [5.41, 5.74) is 1.01. The summed E-state index contributed by atoms with van der Waals surface area (Å²) in [7, 11) is 0. The zero-order chi connectivity index (χ0) is 16.2. The van der Waals surface area contributed by atoms with Gasteiger partial charge in [0.2, 0.25) is 5.91 Å². The molecular formula is C17H27N5O. The first kappa shape index (κ1) is 16.2. The van der Waals surface area contributed by atoms with Crippen LogP contribution in [0.15, 0.2) is 6.07 Å². The topological polar surface area (TPSA) is 70.2 Å². The Bertz CT molecular complexity index is 528. The van der Waals surface area contributed by atoms with E-state index in [2.05, 4.69) is 25.5 Å². The van der Waals surface area contributed by atoms with Crippen molar-refractivity contribution in [3.8, 4) is 0 Å². The lowest BCUT2D eigenvalue weighted by atomic mass is 9.97. The average molecular weight is 317 g/mol. The fraction of sp³-hybridized carbons (Fsp3) is 0.706. The van der Waals surface area contributed by atoms with Crippen LogP contribution >= 0.6 is 0 Å². The molecule has 0 aliphatic carbocycles. The fourth-order valence-corrected chi connectivity index (χ4v) is 3.51. The lowest BCUT2D eigenvalue weighted by Crippen LogP contribution is -2.48. The zero-order valence-corrected chi connectivity index (χ0v) is 14.1. The third-order valence-corrected chi connectivity index (χ3v) is 4.79. The highest BCUT2D eigenvalue weighted by molar-refractivity contribution is 5.79.